The highest BCUT2D eigenvalue weighted by atomic mass is 32.2. The number of carbonyl (C=O) groups excluding carboxylic acids is 2. The summed E-state index contributed by atoms with van der Waals surface area (Å²) >= 11 is 0. The maximum atomic E-state index is 13.1. The second-order valence-corrected chi connectivity index (χ2v) is 10.9. The number of nitrogens with one attached hydrogen (secondary N) is 1. The second-order valence-electron chi connectivity index (χ2n) is 8.88. The minimum atomic E-state index is -4.17. The van der Waals surface area contributed by atoms with Crippen molar-refractivity contribution in [2.75, 3.05) is 27.7 Å². The summed E-state index contributed by atoms with van der Waals surface area (Å²) < 4.78 is 38.1. The molecule has 0 aliphatic heterocycles. The van der Waals surface area contributed by atoms with Gasteiger partial charge in [-0.15, -0.1) is 0 Å². The number of hydrogen-bond acceptors (Lipinski definition) is 7. The molecule has 0 saturated heterocycles. The molecule has 2 N–H and O–H groups in total. The third-order valence-electron chi connectivity index (χ3n) is 5.94. The SMILES string of the molecule is COC(=O)C(C)(C)N(C)S(=O)(=O)N(C)CC(O)C(Cc1ccccc1)NC(=O)OCc1ccccc1. The fourth-order valence-electron chi connectivity index (χ4n) is 3.43. The van der Waals surface area contributed by atoms with Crippen LogP contribution in [0.25, 0.3) is 0 Å². The highest BCUT2D eigenvalue weighted by Gasteiger charge is 2.42. The van der Waals surface area contributed by atoms with Crippen LogP contribution in [0.5, 0.6) is 0 Å². The number of alkyl carbamates (subject to hydrolysis) is 1. The molecule has 0 saturated carbocycles. The van der Waals surface area contributed by atoms with Gasteiger partial charge in [-0.3, -0.25) is 4.79 Å². The van der Waals surface area contributed by atoms with Crippen LogP contribution in [-0.2, 0) is 37.5 Å². The van der Waals surface area contributed by atoms with E-state index in [0.717, 1.165) is 19.7 Å². The lowest BCUT2D eigenvalue weighted by molar-refractivity contribution is -0.149. The van der Waals surface area contributed by atoms with Crippen molar-refractivity contribution >= 4 is 22.3 Å². The zero-order chi connectivity index (χ0) is 26.9. The average molecular weight is 522 g/mol. The third kappa shape index (κ3) is 7.76. The Morgan fingerprint density at radius 3 is 2.06 bits per heavy atom. The Morgan fingerprint density at radius 1 is 1.00 bits per heavy atom. The Bertz CT molecular complexity index is 1100. The van der Waals surface area contributed by atoms with Gasteiger partial charge in [-0.2, -0.15) is 17.0 Å². The summed E-state index contributed by atoms with van der Waals surface area (Å²) in [4.78, 5) is 24.6. The largest absolute Gasteiger partial charge is 0.468 e. The summed E-state index contributed by atoms with van der Waals surface area (Å²) in [6, 6.07) is 17.5. The predicted octanol–water partition coefficient (Wildman–Crippen LogP) is 1.95. The van der Waals surface area contributed by atoms with Crippen LogP contribution >= 0.6 is 0 Å². The van der Waals surface area contributed by atoms with Gasteiger partial charge in [0.15, 0.2) is 0 Å². The molecule has 0 fully saturated rings. The van der Waals surface area contributed by atoms with Crippen molar-refractivity contribution in [1.29, 1.82) is 0 Å². The first-order valence-corrected chi connectivity index (χ1v) is 12.8. The van der Waals surface area contributed by atoms with E-state index in [0.29, 0.717) is 0 Å². The molecule has 2 rings (SSSR count). The molecule has 2 atom stereocenters. The molecule has 0 aromatic heterocycles. The number of benzene rings is 2. The molecule has 0 spiro atoms. The Labute approximate surface area is 213 Å². The third-order valence-corrected chi connectivity index (χ3v) is 8.02. The van der Waals surface area contributed by atoms with E-state index in [1.54, 1.807) is 0 Å². The molecule has 0 aliphatic rings. The van der Waals surface area contributed by atoms with Crippen LogP contribution in [0.1, 0.15) is 25.0 Å². The Morgan fingerprint density at radius 2 is 1.53 bits per heavy atom. The van der Waals surface area contributed by atoms with E-state index in [1.807, 2.05) is 60.7 Å². The van der Waals surface area contributed by atoms with Gasteiger partial charge in [0.2, 0.25) is 0 Å². The summed E-state index contributed by atoms with van der Waals surface area (Å²) in [6.45, 7) is 2.54. The number of aliphatic hydroxyl groups is 1. The lowest BCUT2D eigenvalue weighted by Gasteiger charge is -2.35. The predicted molar refractivity (Wildman–Crippen MR) is 135 cm³/mol. The second kappa shape index (κ2) is 12.8. The van der Waals surface area contributed by atoms with Gasteiger partial charge in [0.25, 0.3) is 10.2 Å². The highest BCUT2D eigenvalue weighted by Crippen LogP contribution is 2.21. The summed E-state index contributed by atoms with van der Waals surface area (Å²) in [5.41, 5.74) is 0.157. The van der Waals surface area contributed by atoms with Crippen LogP contribution in [0.4, 0.5) is 4.79 Å². The summed E-state index contributed by atoms with van der Waals surface area (Å²) in [7, 11) is -0.444. The number of carbonyl (C=O) groups is 2. The number of likely N-dealkylation sites (N-methyl/N-ethyl adjacent to an activating group) is 2. The monoisotopic (exact) mass is 521 g/mol. The molecule has 1 amide bonds. The molecule has 198 valence electrons. The van der Waals surface area contributed by atoms with Gasteiger partial charge in [0.05, 0.1) is 19.3 Å². The van der Waals surface area contributed by atoms with Crippen LogP contribution in [0.3, 0.4) is 0 Å². The average Bonchev–Trinajstić information content (AvgIpc) is 2.87. The lowest BCUT2D eigenvalue weighted by Crippen LogP contribution is -2.57. The van der Waals surface area contributed by atoms with Crippen LogP contribution in [0.2, 0.25) is 0 Å². The molecule has 0 aliphatic carbocycles. The normalized spacial score (nSPS) is 13.8. The van der Waals surface area contributed by atoms with E-state index in [2.05, 4.69) is 5.32 Å². The van der Waals surface area contributed by atoms with E-state index in [4.69, 9.17) is 9.47 Å². The zero-order valence-corrected chi connectivity index (χ0v) is 22.1. The minimum Gasteiger partial charge on any atom is -0.468 e. The van der Waals surface area contributed by atoms with Crippen molar-refractivity contribution in [2.24, 2.45) is 0 Å². The van der Waals surface area contributed by atoms with Gasteiger partial charge in [0.1, 0.15) is 12.1 Å². The molecule has 36 heavy (non-hydrogen) atoms. The molecule has 11 heteroatoms. The van der Waals surface area contributed by atoms with Crippen molar-refractivity contribution in [3.63, 3.8) is 0 Å². The molecule has 2 unspecified atom stereocenters. The number of hydrogen-bond donors (Lipinski definition) is 2. The number of nitrogens with zero attached hydrogens (tertiary/aromatic N) is 2. The molecule has 2 aromatic carbocycles. The summed E-state index contributed by atoms with van der Waals surface area (Å²) in [5.74, 6) is -0.729. The van der Waals surface area contributed by atoms with Crippen molar-refractivity contribution in [3.8, 4) is 0 Å². The van der Waals surface area contributed by atoms with Crippen LogP contribution < -0.4 is 5.32 Å². The maximum Gasteiger partial charge on any atom is 0.407 e. The number of ether oxygens (including phenoxy) is 2. The standard InChI is InChI=1S/C25H35N3O7S/c1-25(2,23(30)34-5)28(4)36(32,33)27(3)17-22(29)21(16-19-12-8-6-9-13-19)26-24(31)35-18-20-14-10-7-11-15-20/h6-15,21-22,29H,16-18H2,1-5H3,(H,26,31). The van der Waals surface area contributed by atoms with E-state index in [9.17, 15) is 23.1 Å². The number of amides is 1. The number of esters is 1. The van der Waals surface area contributed by atoms with Crippen molar-refractivity contribution < 1.29 is 32.6 Å². The topological polar surface area (TPSA) is 125 Å². The Kier molecular flexibility index (Phi) is 10.4. The van der Waals surface area contributed by atoms with Crippen LogP contribution in [-0.4, -0.2) is 79.6 Å². The number of aliphatic hydroxyl groups excluding tert-OH is 1. The van der Waals surface area contributed by atoms with E-state index in [-0.39, 0.29) is 19.6 Å². The van der Waals surface area contributed by atoms with Crippen molar-refractivity contribution in [2.45, 2.75) is 44.6 Å². The van der Waals surface area contributed by atoms with E-state index >= 15 is 0 Å². The minimum absolute atomic E-state index is 0.0442. The number of methoxy groups -OCH3 is 1. The fourth-order valence-corrected chi connectivity index (χ4v) is 4.84. The highest BCUT2D eigenvalue weighted by molar-refractivity contribution is 7.86. The van der Waals surface area contributed by atoms with Crippen molar-refractivity contribution in [3.05, 3.63) is 71.8 Å². The maximum absolute atomic E-state index is 13.1. The first-order valence-electron chi connectivity index (χ1n) is 11.4. The number of rotatable bonds is 12. The first-order chi connectivity index (χ1) is 16.9. The van der Waals surface area contributed by atoms with Gasteiger partial charge in [-0.05, 0) is 31.4 Å². The van der Waals surface area contributed by atoms with Crippen LogP contribution in [0, 0.1) is 0 Å². The van der Waals surface area contributed by atoms with Gasteiger partial charge < -0.3 is 19.9 Å². The Hall–Kier alpha value is -2.99. The zero-order valence-electron chi connectivity index (χ0n) is 21.2. The van der Waals surface area contributed by atoms with E-state index < -0.39 is 40.0 Å². The molecule has 10 nitrogen and oxygen atoms in total. The van der Waals surface area contributed by atoms with Crippen molar-refractivity contribution in [1.82, 2.24) is 13.9 Å². The first kappa shape index (κ1) is 29.2. The quantitative estimate of drug-likeness (QED) is 0.409. The van der Waals surface area contributed by atoms with Gasteiger partial charge in [0, 0.05) is 20.6 Å². The Balaban J connectivity index is 2.14. The molecule has 0 heterocycles. The van der Waals surface area contributed by atoms with Crippen LogP contribution in [0.15, 0.2) is 60.7 Å². The van der Waals surface area contributed by atoms with E-state index in [1.165, 1.54) is 35.1 Å². The smallest absolute Gasteiger partial charge is 0.407 e. The molecule has 0 radical (unpaired) electrons. The molecule has 2 aromatic rings. The molecular formula is C25H35N3O7S. The fraction of sp³-hybridized carbons (Fsp3) is 0.440. The van der Waals surface area contributed by atoms with Gasteiger partial charge >= 0.3 is 12.1 Å². The summed E-state index contributed by atoms with van der Waals surface area (Å²) in [6.07, 6.45) is -1.79. The van der Waals surface area contributed by atoms with Gasteiger partial charge in [-0.1, -0.05) is 60.7 Å². The summed E-state index contributed by atoms with van der Waals surface area (Å²) in [5, 5.41) is 13.7. The lowest BCUT2D eigenvalue weighted by atomic mass is 10.0. The van der Waals surface area contributed by atoms with Gasteiger partial charge in [-0.25, -0.2) is 4.79 Å². The molecule has 0 bridgehead atoms. The molecular weight excluding hydrogens is 486 g/mol.